The third-order valence-corrected chi connectivity index (χ3v) is 6.14. The minimum atomic E-state index is -1.03. The van der Waals surface area contributed by atoms with Crippen molar-refractivity contribution in [2.75, 3.05) is 0 Å². The summed E-state index contributed by atoms with van der Waals surface area (Å²) < 4.78 is 0. The highest BCUT2D eigenvalue weighted by molar-refractivity contribution is 6.10. The SMILES string of the molecule is CC(Cc1ccc(C=CC(=O)CC(=O)C=Cc2ccc(CC(C)C(N)C(=O)O)cc2)cc1)C(N)C(=O)O. The molecule has 0 saturated heterocycles. The van der Waals surface area contributed by atoms with E-state index in [-0.39, 0.29) is 29.8 Å². The van der Waals surface area contributed by atoms with Gasteiger partial charge in [-0.05, 0) is 59.1 Å². The molecule has 0 aliphatic heterocycles. The van der Waals surface area contributed by atoms with Gasteiger partial charge in [0.05, 0.1) is 6.42 Å². The molecule has 6 N–H and O–H groups in total. The van der Waals surface area contributed by atoms with Crippen LogP contribution >= 0.6 is 0 Å². The molecule has 0 bridgehead atoms. The van der Waals surface area contributed by atoms with Crippen LogP contribution in [0.25, 0.3) is 12.2 Å². The molecule has 2 rings (SSSR count). The molecule has 0 saturated carbocycles. The van der Waals surface area contributed by atoms with Gasteiger partial charge in [-0.15, -0.1) is 0 Å². The average molecular weight is 507 g/mol. The Morgan fingerprint density at radius 2 is 1.00 bits per heavy atom. The van der Waals surface area contributed by atoms with Crippen molar-refractivity contribution in [3.63, 3.8) is 0 Å². The number of carbonyl (C=O) groups excluding carboxylic acids is 2. The molecule has 0 aliphatic carbocycles. The highest BCUT2D eigenvalue weighted by Crippen LogP contribution is 2.15. The number of aliphatic carboxylic acids is 2. The second-order valence-corrected chi connectivity index (χ2v) is 9.35. The van der Waals surface area contributed by atoms with E-state index in [4.69, 9.17) is 21.7 Å². The standard InChI is InChI=1S/C29H34N2O6/c1-18(26(30)28(34)35)15-22-7-3-20(4-8-22)11-13-24(32)17-25(33)14-12-21-5-9-23(10-6-21)16-19(2)27(31)29(36)37/h3-14,18-19,26-27H,15-17,30-31H2,1-2H3,(H,34,35)(H,36,37). The first-order chi connectivity index (χ1) is 17.5. The zero-order valence-corrected chi connectivity index (χ0v) is 21.0. The molecule has 4 unspecified atom stereocenters. The van der Waals surface area contributed by atoms with Gasteiger partial charge in [0, 0.05) is 0 Å². The Bertz CT molecular complexity index is 1060. The number of ketones is 2. The lowest BCUT2D eigenvalue weighted by Crippen LogP contribution is -2.37. The van der Waals surface area contributed by atoms with E-state index in [2.05, 4.69) is 0 Å². The van der Waals surface area contributed by atoms with Crippen LogP contribution in [0.5, 0.6) is 0 Å². The number of allylic oxidation sites excluding steroid dienone is 2. The lowest BCUT2D eigenvalue weighted by molar-refractivity contribution is -0.140. The van der Waals surface area contributed by atoms with Gasteiger partial charge in [0.1, 0.15) is 12.1 Å². The first-order valence-electron chi connectivity index (χ1n) is 12.0. The van der Waals surface area contributed by atoms with Crippen molar-refractivity contribution in [2.24, 2.45) is 23.3 Å². The van der Waals surface area contributed by atoms with E-state index in [0.29, 0.717) is 12.8 Å². The molecular formula is C29H34N2O6. The Labute approximate surface area is 216 Å². The van der Waals surface area contributed by atoms with Crippen LogP contribution in [0, 0.1) is 11.8 Å². The Balaban J connectivity index is 1.84. The molecule has 0 heterocycles. The largest absolute Gasteiger partial charge is 0.480 e. The van der Waals surface area contributed by atoms with Gasteiger partial charge in [0.2, 0.25) is 0 Å². The fourth-order valence-electron chi connectivity index (χ4n) is 3.68. The first-order valence-corrected chi connectivity index (χ1v) is 12.0. The summed E-state index contributed by atoms with van der Waals surface area (Å²) in [5.41, 5.74) is 14.8. The summed E-state index contributed by atoms with van der Waals surface area (Å²) in [6.07, 6.45) is 6.79. The summed E-state index contributed by atoms with van der Waals surface area (Å²) in [6, 6.07) is 12.8. The summed E-state index contributed by atoms with van der Waals surface area (Å²) in [5.74, 6) is -3.14. The lowest BCUT2D eigenvalue weighted by atomic mass is 9.94. The predicted molar refractivity (Wildman–Crippen MR) is 143 cm³/mol. The van der Waals surface area contributed by atoms with Crippen molar-refractivity contribution in [3.8, 4) is 0 Å². The number of carboxylic acids is 2. The Morgan fingerprint density at radius 1 is 0.676 bits per heavy atom. The summed E-state index contributed by atoms with van der Waals surface area (Å²) in [6.45, 7) is 3.57. The van der Waals surface area contributed by atoms with Gasteiger partial charge >= 0.3 is 11.9 Å². The van der Waals surface area contributed by atoms with Crippen LogP contribution in [0.3, 0.4) is 0 Å². The minimum Gasteiger partial charge on any atom is -0.480 e. The monoisotopic (exact) mass is 506 g/mol. The van der Waals surface area contributed by atoms with Crippen LogP contribution in [0.15, 0.2) is 60.7 Å². The van der Waals surface area contributed by atoms with Crippen LogP contribution in [-0.2, 0) is 32.0 Å². The van der Waals surface area contributed by atoms with Crippen LogP contribution in [0.4, 0.5) is 0 Å². The van der Waals surface area contributed by atoms with Gasteiger partial charge in [-0.3, -0.25) is 19.2 Å². The van der Waals surface area contributed by atoms with Crippen molar-refractivity contribution in [2.45, 2.75) is 45.2 Å². The zero-order chi connectivity index (χ0) is 27.5. The highest BCUT2D eigenvalue weighted by Gasteiger charge is 2.20. The third-order valence-electron chi connectivity index (χ3n) is 6.14. The maximum absolute atomic E-state index is 12.2. The zero-order valence-electron chi connectivity index (χ0n) is 21.0. The second kappa shape index (κ2) is 14.0. The second-order valence-electron chi connectivity index (χ2n) is 9.35. The first kappa shape index (κ1) is 29.4. The van der Waals surface area contributed by atoms with Crippen LogP contribution in [0.1, 0.15) is 42.5 Å². The number of carboxylic acid groups (broad SMARTS) is 2. The summed E-state index contributed by atoms with van der Waals surface area (Å²) in [4.78, 5) is 46.3. The molecule has 0 spiro atoms. The molecule has 8 nitrogen and oxygen atoms in total. The quantitative estimate of drug-likeness (QED) is 0.224. The van der Waals surface area contributed by atoms with Gasteiger partial charge < -0.3 is 21.7 Å². The maximum Gasteiger partial charge on any atom is 0.320 e. The van der Waals surface area contributed by atoms with Gasteiger partial charge in [-0.1, -0.05) is 74.5 Å². The lowest BCUT2D eigenvalue weighted by Gasteiger charge is -2.15. The fraction of sp³-hybridized carbons (Fsp3) is 0.310. The van der Waals surface area contributed by atoms with E-state index in [0.717, 1.165) is 22.3 Å². The van der Waals surface area contributed by atoms with E-state index >= 15 is 0 Å². The van der Waals surface area contributed by atoms with Crippen LogP contribution in [0.2, 0.25) is 0 Å². The highest BCUT2D eigenvalue weighted by atomic mass is 16.4. The van der Waals surface area contributed by atoms with Gasteiger partial charge in [0.25, 0.3) is 0 Å². The molecule has 0 aliphatic rings. The molecule has 0 amide bonds. The molecule has 8 heteroatoms. The number of rotatable bonds is 14. The molecule has 196 valence electrons. The Hall–Kier alpha value is -3.88. The van der Waals surface area contributed by atoms with Crippen molar-refractivity contribution in [1.29, 1.82) is 0 Å². The maximum atomic E-state index is 12.2. The number of hydrogen-bond donors (Lipinski definition) is 4. The number of nitrogens with two attached hydrogens (primary N) is 2. The minimum absolute atomic E-state index is 0.219. The average Bonchev–Trinajstić information content (AvgIpc) is 2.86. The topological polar surface area (TPSA) is 161 Å². The van der Waals surface area contributed by atoms with Crippen LogP contribution in [-0.4, -0.2) is 45.8 Å². The van der Waals surface area contributed by atoms with Crippen molar-refractivity contribution < 1.29 is 29.4 Å². The molecule has 4 atom stereocenters. The molecule has 2 aromatic carbocycles. The normalized spacial score (nSPS) is 14.8. The van der Waals surface area contributed by atoms with Crippen molar-refractivity contribution in [1.82, 2.24) is 0 Å². The van der Waals surface area contributed by atoms with Crippen molar-refractivity contribution >= 4 is 35.7 Å². The Morgan fingerprint density at radius 3 is 1.30 bits per heavy atom. The number of carbonyl (C=O) groups is 4. The molecule has 0 aromatic heterocycles. The summed E-state index contributed by atoms with van der Waals surface area (Å²) >= 11 is 0. The molecular weight excluding hydrogens is 472 g/mol. The van der Waals surface area contributed by atoms with E-state index in [1.54, 1.807) is 26.0 Å². The fourth-order valence-corrected chi connectivity index (χ4v) is 3.68. The van der Waals surface area contributed by atoms with E-state index in [9.17, 15) is 19.2 Å². The molecule has 0 radical (unpaired) electrons. The van der Waals surface area contributed by atoms with Gasteiger partial charge in [-0.25, -0.2) is 0 Å². The van der Waals surface area contributed by atoms with E-state index in [1.807, 2.05) is 48.5 Å². The summed E-state index contributed by atoms with van der Waals surface area (Å²) in [7, 11) is 0. The number of benzene rings is 2. The van der Waals surface area contributed by atoms with E-state index < -0.39 is 24.0 Å². The molecule has 0 fully saturated rings. The number of hydrogen-bond acceptors (Lipinski definition) is 6. The molecule has 37 heavy (non-hydrogen) atoms. The van der Waals surface area contributed by atoms with E-state index in [1.165, 1.54) is 12.2 Å². The van der Waals surface area contributed by atoms with Crippen molar-refractivity contribution in [3.05, 3.63) is 82.9 Å². The van der Waals surface area contributed by atoms with Gasteiger partial charge in [0.15, 0.2) is 11.6 Å². The smallest absolute Gasteiger partial charge is 0.320 e. The summed E-state index contributed by atoms with van der Waals surface area (Å²) in [5, 5.41) is 18.0. The van der Waals surface area contributed by atoms with Gasteiger partial charge in [-0.2, -0.15) is 0 Å². The predicted octanol–water partition coefficient (Wildman–Crippen LogP) is 3.12. The Kier molecular flexibility index (Phi) is 11.1. The van der Waals surface area contributed by atoms with Crippen LogP contribution < -0.4 is 11.5 Å². The molecule has 2 aromatic rings. The third kappa shape index (κ3) is 9.95.